The van der Waals surface area contributed by atoms with Crippen molar-refractivity contribution in [1.82, 2.24) is 5.32 Å². The van der Waals surface area contributed by atoms with Crippen LogP contribution < -0.4 is 11.1 Å². The van der Waals surface area contributed by atoms with Crippen molar-refractivity contribution in [3.05, 3.63) is 48.0 Å². The van der Waals surface area contributed by atoms with Crippen LogP contribution in [0.15, 0.2) is 42.5 Å². The maximum Gasteiger partial charge on any atom is 0.312 e. The highest BCUT2D eigenvalue weighted by Gasteiger charge is 2.06. The van der Waals surface area contributed by atoms with E-state index in [1.807, 2.05) is 31.2 Å². The molecule has 0 aromatic heterocycles. The van der Waals surface area contributed by atoms with E-state index in [0.29, 0.717) is 0 Å². The molecule has 2 rings (SSSR count). The van der Waals surface area contributed by atoms with Gasteiger partial charge in [0.05, 0.1) is 6.04 Å². The summed E-state index contributed by atoms with van der Waals surface area (Å²) >= 11 is 0. The number of nitrogens with two attached hydrogens (primary N) is 1. The Bertz CT molecular complexity index is 522. The molecule has 0 spiro atoms. The van der Waals surface area contributed by atoms with E-state index < -0.39 is 6.03 Å². The molecule has 0 aliphatic heterocycles. The summed E-state index contributed by atoms with van der Waals surface area (Å²) in [7, 11) is 0. The molecule has 3 nitrogen and oxygen atoms in total. The Hall–Kier alpha value is -2.03. The first-order chi connectivity index (χ1) is 7.66. The predicted molar refractivity (Wildman–Crippen MR) is 65.1 cm³/mol. The van der Waals surface area contributed by atoms with E-state index in [1.165, 1.54) is 5.39 Å². The molecule has 0 fully saturated rings. The fourth-order valence-corrected chi connectivity index (χ4v) is 1.77. The second-order valence-electron chi connectivity index (χ2n) is 3.84. The minimum atomic E-state index is -0.499. The number of carbonyl (C=O) groups is 1. The zero-order chi connectivity index (χ0) is 11.5. The van der Waals surface area contributed by atoms with Crippen LogP contribution in [0.3, 0.4) is 0 Å². The maximum absolute atomic E-state index is 10.8. The van der Waals surface area contributed by atoms with Crippen LogP contribution in [-0.4, -0.2) is 6.03 Å². The molecule has 0 bridgehead atoms. The average molecular weight is 214 g/mol. The second kappa shape index (κ2) is 4.23. The smallest absolute Gasteiger partial charge is 0.312 e. The van der Waals surface area contributed by atoms with Gasteiger partial charge in [0.1, 0.15) is 0 Å². The quantitative estimate of drug-likeness (QED) is 0.793. The van der Waals surface area contributed by atoms with Crippen molar-refractivity contribution in [3.8, 4) is 0 Å². The van der Waals surface area contributed by atoms with Crippen LogP contribution in [0, 0.1) is 0 Å². The van der Waals surface area contributed by atoms with Crippen LogP contribution in [0.4, 0.5) is 4.79 Å². The number of carbonyl (C=O) groups excluding carboxylic acids is 1. The van der Waals surface area contributed by atoms with E-state index in [1.54, 1.807) is 0 Å². The van der Waals surface area contributed by atoms with Crippen LogP contribution in [0.1, 0.15) is 18.5 Å². The molecule has 3 N–H and O–H groups in total. The molecule has 0 heterocycles. The van der Waals surface area contributed by atoms with Crippen LogP contribution in [-0.2, 0) is 0 Å². The monoisotopic (exact) mass is 214 g/mol. The molecule has 0 aliphatic carbocycles. The molecular formula is C13H14N2O. The molecule has 0 saturated heterocycles. The van der Waals surface area contributed by atoms with Gasteiger partial charge in [0, 0.05) is 0 Å². The van der Waals surface area contributed by atoms with E-state index in [-0.39, 0.29) is 6.04 Å². The van der Waals surface area contributed by atoms with Gasteiger partial charge in [-0.1, -0.05) is 36.4 Å². The lowest BCUT2D eigenvalue weighted by molar-refractivity contribution is 0.246. The van der Waals surface area contributed by atoms with E-state index in [2.05, 4.69) is 23.5 Å². The standard InChI is InChI=1S/C13H14N2O/c1-9(15-13(14)16)11-7-6-10-4-2-3-5-12(10)8-11/h2-9H,1H3,(H3,14,15,16). The van der Waals surface area contributed by atoms with Gasteiger partial charge in [-0.05, 0) is 29.3 Å². The molecule has 2 aromatic carbocycles. The molecule has 2 aromatic rings. The van der Waals surface area contributed by atoms with Gasteiger partial charge in [0.25, 0.3) is 0 Å². The summed E-state index contributed by atoms with van der Waals surface area (Å²) < 4.78 is 0. The number of nitrogens with one attached hydrogen (secondary N) is 1. The first-order valence-electron chi connectivity index (χ1n) is 5.21. The number of hydrogen-bond donors (Lipinski definition) is 2. The summed E-state index contributed by atoms with van der Waals surface area (Å²) in [6, 6.07) is 13.7. The van der Waals surface area contributed by atoms with Crippen molar-refractivity contribution < 1.29 is 4.79 Å². The van der Waals surface area contributed by atoms with Gasteiger partial charge in [-0.25, -0.2) is 4.79 Å². The van der Waals surface area contributed by atoms with Crippen molar-refractivity contribution in [1.29, 1.82) is 0 Å². The number of urea groups is 1. The van der Waals surface area contributed by atoms with Crippen molar-refractivity contribution >= 4 is 16.8 Å². The molecule has 0 radical (unpaired) electrons. The Morgan fingerprint density at radius 3 is 2.56 bits per heavy atom. The average Bonchev–Trinajstić information content (AvgIpc) is 2.27. The third-order valence-electron chi connectivity index (χ3n) is 2.63. The number of rotatable bonds is 2. The van der Waals surface area contributed by atoms with Crippen molar-refractivity contribution in [2.24, 2.45) is 5.73 Å². The van der Waals surface area contributed by atoms with Gasteiger partial charge in [0.2, 0.25) is 0 Å². The van der Waals surface area contributed by atoms with Gasteiger partial charge in [-0.3, -0.25) is 0 Å². The Balaban J connectivity index is 2.35. The van der Waals surface area contributed by atoms with Gasteiger partial charge in [-0.15, -0.1) is 0 Å². The van der Waals surface area contributed by atoms with Gasteiger partial charge in [0.15, 0.2) is 0 Å². The molecule has 16 heavy (non-hydrogen) atoms. The summed E-state index contributed by atoms with van der Waals surface area (Å²) in [6.45, 7) is 1.91. The SMILES string of the molecule is CC(NC(N)=O)c1ccc2ccccc2c1. The molecule has 0 saturated carbocycles. The molecule has 2 amide bonds. The van der Waals surface area contributed by atoms with Crippen LogP contribution in [0.25, 0.3) is 10.8 Å². The number of hydrogen-bond acceptors (Lipinski definition) is 1. The number of primary amides is 1. The van der Waals surface area contributed by atoms with E-state index >= 15 is 0 Å². The highest BCUT2D eigenvalue weighted by atomic mass is 16.2. The predicted octanol–water partition coefficient (Wildman–Crippen LogP) is 2.57. The first-order valence-corrected chi connectivity index (χ1v) is 5.21. The molecule has 1 unspecified atom stereocenters. The highest BCUT2D eigenvalue weighted by Crippen LogP contribution is 2.19. The van der Waals surface area contributed by atoms with Gasteiger partial charge < -0.3 is 11.1 Å². The lowest BCUT2D eigenvalue weighted by Crippen LogP contribution is -2.31. The largest absolute Gasteiger partial charge is 0.352 e. The maximum atomic E-state index is 10.8. The van der Waals surface area contributed by atoms with Crippen LogP contribution in [0.5, 0.6) is 0 Å². The molecular weight excluding hydrogens is 200 g/mol. The fraction of sp³-hybridized carbons (Fsp3) is 0.154. The Morgan fingerprint density at radius 1 is 1.19 bits per heavy atom. The Kier molecular flexibility index (Phi) is 2.77. The zero-order valence-electron chi connectivity index (χ0n) is 9.10. The van der Waals surface area contributed by atoms with Crippen LogP contribution >= 0.6 is 0 Å². The van der Waals surface area contributed by atoms with E-state index in [9.17, 15) is 4.79 Å². The summed E-state index contributed by atoms with van der Waals surface area (Å²) in [5.74, 6) is 0. The lowest BCUT2D eigenvalue weighted by Gasteiger charge is -2.13. The normalized spacial score (nSPS) is 12.3. The van der Waals surface area contributed by atoms with Crippen molar-refractivity contribution in [2.45, 2.75) is 13.0 Å². The van der Waals surface area contributed by atoms with Gasteiger partial charge in [-0.2, -0.15) is 0 Å². The van der Waals surface area contributed by atoms with E-state index in [4.69, 9.17) is 5.73 Å². The highest BCUT2D eigenvalue weighted by molar-refractivity contribution is 5.83. The molecule has 3 heteroatoms. The Labute approximate surface area is 94.3 Å². The topological polar surface area (TPSA) is 55.1 Å². The Morgan fingerprint density at radius 2 is 1.88 bits per heavy atom. The minimum Gasteiger partial charge on any atom is -0.352 e. The first kappa shape index (κ1) is 10.5. The summed E-state index contributed by atoms with van der Waals surface area (Å²) in [5.41, 5.74) is 6.15. The number of benzene rings is 2. The molecule has 0 aliphatic rings. The molecule has 82 valence electrons. The van der Waals surface area contributed by atoms with E-state index in [0.717, 1.165) is 10.9 Å². The summed E-state index contributed by atoms with van der Waals surface area (Å²) in [6.07, 6.45) is 0. The van der Waals surface area contributed by atoms with Crippen molar-refractivity contribution in [3.63, 3.8) is 0 Å². The zero-order valence-corrected chi connectivity index (χ0v) is 9.10. The number of fused-ring (bicyclic) bond motifs is 1. The minimum absolute atomic E-state index is 0.0675. The summed E-state index contributed by atoms with van der Waals surface area (Å²) in [5, 5.41) is 5.02. The lowest BCUT2D eigenvalue weighted by atomic mass is 10.0. The second-order valence-corrected chi connectivity index (χ2v) is 3.84. The summed E-state index contributed by atoms with van der Waals surface area (Å²) in [4.78, 5) is 10.8. The van der Waals surface area contributed by atoms with Crippen LogP contribution in [0.2, 0.25) is 0 Å². The number of amides is 2. The van der Waals surface area contributed by atoms with Gasteiger partial charge >= 0.3 is 6.03 Å². The molecule has 1 atom stereocenters. The fourth-order valence-electron chi connectivity index (χ4n) is 1.77. The third-order valence-corrected chi connectivity index (χ3v) is 2.63. The third kappa shape index (κ3) is 2.14. The van der Waals surface area contributed by atoms with Crippen molar-refractivity contribution in [2.75, 3.05) is 0 Å².